The van der Waals surface area contributed by atoms with Crippen molar-refractivity contribution in [1.82, 2.24) is 15.1 Å². The van der Waals surface area contributed by atoms with Crippen LogP contribution in [-0.2, 0) is 23.1 Å². The van der Waals surface area contributed by atoms with Gasteiger partial charge in [0.1, 0.15) is 0 Å². The molecule has 0 amide bonds. The van der Waals surface area contributed by atoms with Crippen LogP contribution in [0.4, 0.5) is 5.69 Å². The predicted molar refractivity (Wildman–Crippen MR) is 89.7 cm³/mol. The Hall–Kier alpha value is -2.29. The number of rotatable bonds is 10. The van der Waals surface area contributed by atoms with E-state index in [1.54, 1.807) is 23.9 Å². The predicted octanol–water partition coefficient (Wildman–Crippen LogP) is 1.75. The summed E-state index contributed by atoms with van der Waals surface area (Å²) in [6, 6.07) is 6.42. The zero-order valence-corrected chi connectivity index (χ0v) is 13.9. The van der Waals surface area contributed by atoms with Crippen LogP contribution in [0, 0.1) is 10.1 Å². The Kier molecular flexibility index (Phi) is 6.86. The SMILES string of the molecule is COCCOCCNCc1cn(C)nc1-c1ccc([N+](=O)[O-])cc1. The summed E-state index contributed by atoms with van der Waals surface area (Å²) in [6.45, 7) is 3.15. The number of non-ortho nitro benzene ring substituents is 1. The average molecular weight is 334 g/mol. The van der Waals surface area contributed by atoms with Gasteiger partial charge in [0.05, 0.1) is 30.4 Å². The fourth-order valence-electron chi connectivity index (χ4n) is 2.26. The standard InChI is InChI=1S/C16H22N4O4/c1-19-12-14(11-17-7-8-24-10-9-23-2)16(18-19)13-3-5-15(6-4-13)20(21)22/h3-6,12,17H,7-11H2,1-2H3. The highest BCUT2D eigenvalue weighted by Gasteiger charge is 2.12. The Morgan fingerprint density at radius 1 is 1.25 bits per heavy atom. The number of nitro benzene ring substituents is 1. The molecule has 0 saturated carbocycles. The van der Waals surface area contributed by atoms with E-state index in [1.807, 2.05) is 13.2 Å². The average Bonchev–Trinajstić information content (AvgIpc) is 2.95. The summed E-state index contributed by atoms with van der Waals surface area (Å²) < 4.78 is 12.0. The van der Waals surface area contributed by atoms with Crippen LogP contribution in [0.25, 0.3) is 11.3 Å². The van der Waals surface area contributed by atoms with Gasteiger partial charge in [-0.05, 0) is 12.1 Å². The van der Waals surface area contributed by atoms with E-state index in [4.69, 9.17) is 9.47 Å². The molecule has 0 fully saturated rings. The van der Waals surface area contributed by atoms with Crippen LogP contribution < -0.4 is 5.32 Å². The van der Waals surface area contributed by atoms with Gasteiger partial charge in [0.25, 0.3) is 5.69 Å². The summed E-state index contributed by atoms with van der Waals surface area (Å²) in [6.07, 6.45) is 1.94. The van der Waals surface area contributed by atoms with Gasteiger partial charge >= 0.3 is 0 Å². The molecule has 0 radical (unpaired) electrons. The minimum atomic E-state index is -0.408. The first-order valence-electron chi connectivity index (χ1n) is 7.66. The van der Waals surface area contributed by atoms with E-state index in [1.165, 1.54) is 12.1 Å². The molecule has 0 spiro atoms. The Morgan fingerprint density at radius 3 is 2.67 bits per heavy atom. The summed E-state index contributed by atoms with van der Waals surface area (Å²) in [5, 5.41) is 18.5. The second-order valence-corrected chi connectivity index (χ2v) is 5.26. The second-order valence-electron chi connectivity index (χ2n) is 5.26. The lowest BCUT2D eigenvalue weighted by Crippen LogP contribution is -2.20. The number of aromatic nitrogens is 2. The third-order valence-corrected chi connectivity index (χ3v) is 3.43. The zero-order valence-electron chi connectivity index (χ0n) is 13.9. The summed E-state index contributed by atoms with van der Waals surface area (Å²) in [4.78, 5) is 10.3. The van der Waals surface area contributed by atoms with Crippen LogP contribution in [0.5, 0.6) is 0 Å². The van der Waals surface area contributed by atoms with Gasteiger partial charge in [0.2, 0.25) is 0 Å². The monoisotopic (exact) mass is 334 g/mol. The molecule has 0 bridgehead atoms. The van der Waals surface area contributed by atoms with E-state index in [9.17, 15) is 10.1 Å². The number of aryl methyl sites for hydroxylation is 1. The molecule has 0 atom stereocenters. The molecule has 1 N–H and O–H groups in total. The van der Waals surface area contributed by atoms with Crippen molar-refractivity contribution in [2.24, 2.45) is 7.05 Å². The number of hydrogen-bond acceptors (Lipinski definition) is 6. The van der Waals surface area contributed by atoms with E-state index in [2.05, 4.69) is 10.4 Å². The van der Waals surface area contributed by atoms with Crippen LogP contribution in [0.15, 0.2) is 30.5 Å². The van der Waals surface area contributed by atoms with Gasteiger partial charge in [0.15, 0.2) is 0 Å². The highest BCUT2D eigenvalue weighted by Crippen LogP contribution is 2.24. The van der Waals surface area contributed by atoms with E-state index in [0.29, 0.717) is 26.4 Å². The Bertz CT molecular complexity index is 655. The highest BCUT2D eigenvalue weighted by molar-refractivity contribution is 5.64. The lowest BCUT2D eigenvalue weighted by Gasteiger charge is -2.06. The number of benzene rings is 1. The van der Waals surface area contributed by atoms with Crippen molar-refractivity contribution in [2.45, 2.75) is 6.54 Å². The van der Waals surface area contributed by atoms with Crippen molar-refractivity contribution in [3.05, 3.63) is 46.1 Å². The van der Waals surface area contributed by atoms with Gasteiger partial charge in [0, 0.05) is 56.7 Å². The van der Waals surface area contributed by atoms with Crippen molar-refractivity contribution in [3.63, 3.8) is 0 Å². The summed E-state index contributed by atoms with van der Waals surface area (Å²) >= 11 is 0. The minimum absolute atomic E-state index is 0.0718. The normalized spacial score (nSPS) is 10.9. The maximum Gasteiger partial charge on any atom is 0.269 e. The van der Waals surface area contributed by atoms with E-state index < -0.39 is 4.92 Å². The zero-order chi connectivity index (χ0) is 17.4. The van der Waals surface area contributed by atoms with Gasteiger partial charge in [-0.25, -0.2) is 0 Å². The first kappa shape index (κ1) is 18.1. The summed E-state index contributed by atoms with van der Waals surface area (Å²) in [5.74, 6) is 0. The van der Waals surface area contributed by atoms with Crippen LogP contribution >= 0.6 is 0 Å². The van der Waals surface area contributed by atoms with Crippen molar-refractivity contribution in [2.75, 3.05) is 33.5 Å². The Labute approximate surface area is 140 Å². The van der Waals surface area contributed by atoms with Crippen LogP contribution in [0.3, 0.4) is 0 Å². The number of hydrogen-bond donors (Lipinski definition) is 1. The molecular formula is C16H22N4O4. The molecule has 0 aliphatic rings. The number of methoxy groups -OCH3 is 1. The van der Waals surface area contributed by atoms with E-state index in [-0.39, 0.29) is 5.69 Å². The number of nitrogens with one attached hydrogen (secondary N) is 1. The number of nitro groups is 1. The molecule has 0 saturated heterocycles. The molecule has 2 rings (SSSR count). The first-order chi connectivity index (χ1) is 11.6. The largest absolute Gasteiger partial charge is 0.382 e. The topological polar surface area (TPSA) is 91.5 Å². The van der Waals surface area contributed by atoms with Crippen molar-refractivity contribution >= 4 is 5.69 Å². The number of ether oxygens (including phenoxy) is 2. The fourth-order valence-corrected chi connectivity index (χ4v) is 2.26. The van der Waals surface area contributed by atoms with Crippen LogP contribution in [0.1, 0.15) is 5.56 Å². The van der Waals surface area contributed by atoms with Crippen molar-refractivity contribution in [3.8, 4) is 11.3 Å². The van der Waals surface area contributed by atoms with E-state index in [0.717, 1.165) is 23.4 Å². The lowest BCUT2D eigenvalue weighted by atomic mass is 10.1. The molecule has 1 heterocycles. The van der Waals surface area contributed by atoms with Crippen LogP contribution in [0.2, 0.25) is 0 Å². The molecule has 8 nitrogen and oxygen atoms in total. The number of nitrogens with zero attached hydrogens (tertiary/aromatic N) is 3. The van der Waals surface area contributed by atoms with Gasteiger partial charge < -0.3 is 14.8 Å². The quantitative estimate of drug-likeness (QED) is 0.404. The molecule has 24 heavy (non-hydrogen) atoms. The van der Waals surface area contributed by atoms with Crippen LogP contribution in [-0.4, -0.2) is 48.2 Å². The molecule has 0 unspecified atom stereocenters. The Balaban J connectivity index is 1.93. The molecule has 130 valence electrons. The van der Waals surface area contributed by atoms with Gasteiger partial charge in [-0.3, -0.25) is 14.8 Å². The molecule has 0 aliphatic carbocycles. The van der Waals surface area contributed by atoms with Crippen molar-refractivity contribution in [1.29, 1.82) is 0 Å². The van der Waals surface area contributed by atoms with Crippen molar-refractivity contribution < 1.29 is 14.4 Å². The molecule has 0 aliphatic heterocycles. The fraction of sp³-hybridized carbons (Fsp3) is 0.438. The highest BCUT2D eigenvalue weighted by atomic mass is 16.6. The molecular weight excluding hydrogens is 312 g/mol. The molecule has 2 aromatic rings. The maximum atomic E-state index is 10.7. The Morgan fingerprint density at radius 2 is 2.00 bits per heavy atom. The summed E-state index contributed by atoms with van der Waals surface area (Å²) in [7, 11) is 3.50. The minimum Gasteiger partial charge on any atom is -0.382 e. The van der Waals surface area contributed by atoms with Gasteiger partial charge in [-0.1, -0.05) is 0 Å². The smallest absolute Gasteiger partial charge is 0.269 e. The lowest BCUT2D eigenvalue weighted by molar-refractivity contribution is -0.384. The van der Waals surface area contributed by atoms with Gasteiger partial charge in [-0.2, -0.15) is 5.10 Å². The van der Waals surface area contributed by atoms with Gasteiger partial charge in [-0.15, -0.1) is 0 Å². The van der Waals surface area contributed by atoms with E-state index >= 15 is 0 Å². The molecule has 1 aromatic heterocycles. The second kappa shape index (κ2) is 9.11. The molecule has 8 heteroatoms. The first-order valence-corrected chi connectivity index (χ1v) is 7.66. The third-order valence-electron chi connectivity index (χ3n) is 3.43. The molecule has 1 aromatic carbocycles. The third kappa shape index (κ3) is 5.12. The maximum absolute atomic E-state index is 10.7. The summed E-state index contributed by atoms with van der Waals surface area (Å²) in [5.41, 5.74) is 2.78.